The number of nitrogens with one attached hydrogen (secondary N) is 2. The zero-order valence-corrected chi connectivity index (χ0v) is 21.2. The molecule has 1 saturated heterocycles. The van der Waals surface area contributed by atoms with Crippen LogP contribution in [-0.4, -0.2) is 59.2 Å². The third kappa shape index (κ3) is 4.63. The number of amides is 2. The molecule has 36 heavy (non-hydrogen) atoms. The molecule has 2 aliphatic carbocycles. The third-order valence-electron chi connectivity index (χ3n) is 8.33. The number of Topliss-reactive ketones (excluding diaryl/α,β-unsaturated/α-hetero) is 1. The van der Waals surface area contributed by atoms with Crippen LogP contribution in [0.2, 0.25) is 5.02 Å². The Hall–Kier alpha value is -2.87. The maximum Gasteiger partial charge on any atom is 0.328 e. The highest BCUT2D eigenvalue weighted by atomic mass is 35.5. The number of aromatic nitrogens is 1. The summed E-state index contributed by atoms with van der Waals surface area (Å²) in [5.74, 6) is -1.34. The number of likely N-dealkylation sites (tertiary alicyclic amines) is 1. The van der Waals surface area contributed by atoms with E-state index in [4.69, 9.17) is 16.3 Å². The van der Waals surface area contributed by atoms with Crippen molar-refractivity contribution >= 4 is 46.1 Å². The number of rotatable bonds is 6. The quantitative estimate of drug-likeness (QED) is 0.567. The average Bonchev–Trinajstić information content (AvgIpc) is 3.48. The highest BCUT2D eigenvalue weighted by Gasteiger charge is 2.52. The maximum atomic E-state index is 13.6. The average molecular weight is 514 g/mol. The lowest BCUT2D eigenvalue weighted by Gasteiger charge is -2.37. The van der Waals surface area contributed by atoms with Gasteiger partial charge in [-0.1, -0.05) is 30.5 Å². The minimum Gasteiger partial charge on any atom is -0.467 e. The van der Waals surface area contributed by atoms with E-state index in [-0.39, 0.29) is 35.4 Å². The van der Waals surface area contributed by atoms with Crippen LogP contribution in [0.3, 0.4) is 0 Å². The summed E-state index contributed by atoms with van der Waals surface area (Å²) < 4.78 is 4.95. The molecule has 2 N–H and O–H groups in total. The van der Waals surface area contributed by atoms with Gasteiger partial charge in [-0.2, -0.15) is 0 Å². The lowest BCUT2D eigenvalue weighted by atomic mass is 9.67. The fourth-order valence-corrected chi connectivity index (χ4v) is 6.37. The Kier molecular flexibility index (Phi) is 6.81. The topological polar surface area (TPSA) is 109 Å². The van der Waals surface area contributed by atoms with Crippen molar-refractivity contribution in [2.75, 3.05) is 13.7 Å². The zero-order chi connectivity index (χ0) is 25.4. The molecule has 192 valence electrons. The van der Waals surface area contributed by atoms with Crippen LogP contribution in [0.1, 0.15) is 68.3 Å². The van der Waals surface area contributed by atoms with Crippen LogP contribution >= 0.6 is 11.6 Å². The van der Waals surface area contributed by atoms with Gasteiger partial charge in [0.05, 0.1) is 7.11 Å². The van der Waals surface area contributed by atoms with E-state index >= 15 is 0 Å². The number of esters is 1. The Bertz CT molecular complexity index is 1200. The number of H-pyrrole nitrogens is 1. The molecule has 1 unspecified atom stereocenters. The number of hydrogen-bond acceptors (Lipinski definition) is 5. The molecule has 2 aromatic rings. The van der Waals surface area contributed by atoms with E-state index in [1.54, 1.807) is 17.0 Å². The molecule has 2 saturated carbocycles. The largest absolute Gasteiger partial charge is 0.467 e. The number of benzene rings is 1. The van der Waals surface area contributed by atoms with Crippen molar-refractivity contribution in [2.24, 2.45) is 11.3 Å². The van der Waals surface area contributed by atoms with Gasteiger partial charge in [-0.05, 0) is 62.1 Å². The minimum absolute atomic E-state index is 0.0680. The second kappa shape index (κ2) is 9.88. The summed E-state index contributed by atoms with van der Waals surface area (Å²) in [6, 6.07) is 5.55. The van der Waals surface area contributed by atoms with Gasteiger partial charge in [0, 0.05) is 34.8 Å². The lowest BCUT2D eigenvalue weighted by Crippen LogP contribution is -2.52. The van der Waals surface area contributed by atoms with Gasteiger partial charge < -0.3 is 19.9 Å². The highest BCUT2D eigenvalue weighted by molar-refractivity contribution is 6.35. The van der Waals surface area contributed by atoms with Crippen molar-refractivity contribution in [3.05, 3.63) is 35.0 Å². The molecule has 5 rings (SSSR count). The third-order valence-corrected chi connectivity index (χ3v) is 8.66. The number of nitrogens with zero attached hydrogens (tertiary/aromatic N) is 1. The molecule has 1 aromatic heterocycles. The molecule has 3 atom stereocenters. The molecular formula is C27H32ClN3O5. The summed E-state index contributed by atoms with van der Waals surface area (Å²) >= 11 is 6.30. The van der Waals surface area contributed by atoms with Crippen LogP contribution in [0.15, 0.2) is 24.3 Å². The predicted octanol–water partition coefficient (Wildman–Crippen LogP) is 4.01. The molecule has 1 aromatic carbocycles. The van der Waals surface area contributed by atoms with E-state index in [0.29, 0.717) is 36.5 Å². The number of aromatic amines is 1. The van der Waals surface area contributed by atoms with E-state index < -0.39 is 18.1 Å². The number of ketones is 1. The van der Waals surface area contributed by atoms with Crippen molar-refractivity contribution in [3.8, 4) is 0 Å². The van der Waals surface area contributed by atoms with E-state index in [1.807, 2.05) is 12.1 Å². The Morgan fingerprint density at radius 3 is 2.72 bits per heavy atom. The molecular weight excluding hydrogens is 482 g/mol. The summed E-state index contributed by atoms with van der Waals surface area (Å²) in [6.07, 6.45) is 6.81. The van der Waals surface area contributed by atoms with Crippen molar-refractivity contribution < 1.29 is 23.9 Å². The summed E-state index contributed by atoms with van der Waals surface area (Å²) in [5.41, 5.74) is 1.07. The number of methoxy groups -OCH3 is 1. The molecule has 2 amide bonds. The SMILES string of the molecule is COC(=O)[C@H](C[C@@H]1CCCCC1=O)NC(=O)C1CC2(CCC2)CN1C(=O)c1cc2c(Cl)cccc2[nH]1. The fourth-order valence-electron chi connectivity index (χ4n) is 6.14. The van der Waals surface area contributed by atoms with Gasteiger partial charge in [0.25, 0.3) is 5.91 Å². The van der Waals surface area contributed by atoms with Gasteiger partial charge in [0.1, 0.15) is 23.6 Å². The van der Waals surface area contributed by atoms with Crippen LogP contribution in [0.5, 0.6) is 0 Å². The predicted molar refractivity (Wildman–Crippen MR) is 135 cm³/mol. The molecule has 1 spiro atoms. The standard InChI is InChI=1S/C27H32ClN3O5/c1-36-26(35)21(12-16-6-2-3-9-23(16)32)30-24(33)22-14-27(10-5-11-27)15-31(22)25(34)20-13-17-18(28)7-4-8-19(17)29-20/h4,7-8,13,16,21-22,29H,2-3,5-6,9-12,14-15H2,1H3,(H,30,33)/t16-,21-,22?/m0/s1. The Morgan fingerprint density at radius 1 is 1.25 bits per heavy atom. The van der Waals surface area contributed by atoms with Crippen molar-refractivity contribution in [3.63, 3.8) is 0 Å². The molecule has 0 radical (unpaired) electrons. The Balaban J connectivity index is 1.37. The summed E-state index contributed by atoms with van der Waals surface area (Å²) in [6.45, 7) is 0.497. The van der Waals surface area contributed by atoms with Crippen LogP contribution in [0.25, 0.3) is 10.9 Å². The number of hydrogen-bond donors (Lipinski definition) is 2. The first-order valence-electron chi connectivity index (χ1n) is 12.8. The van der Waals surface area contributed by atoms with Gasteiger partial charge >= 0.3 is 5.97 Å². The Labute approximate surface area is 215 Å². The summed E-state index contributed by atoms with van der Waals surface area (Å²) in [5, 5.41) is 4.15. The fraction of sp³-hybridized carbons (Fsp3) is 0.556. The first kappa shape index (κ1) is 24.8. The van der Waals surface area contributed by atoms with Gasteiger partial charge in [-0.25, -0.2) is 4.79 Å². The van der Waals surface area contributed by atoms with Gasteiger partial charge in [-0.15, -0.1) is 0 Å². The van der Waals surface area contributed by atoms with E-state index in [9.17, 15) is 19.2 Å². The van der Waals surface area contributed by atoms with Crippen molar-refractivity contribution in [2.45, 2.75) is 69.9 Å². The van der Waals surface area contributed by atoms with Crippen molar-refractivity contribution in [1.29, 1.82) is 0 Å². The van der Waals surface area contributed by atoms with Gasteiger partial charge in [-0.3, -0.25) is 14.4 Å². The second-order valence-electron chi connectivity index (χ2n) is 10.6. The number of carbonyl (C=O) groups excluding carboxylic acids is 4. The van der Waals surface area contributed by atoms with E-state index in [0.717, 1.165) is 43.0 Å². The molecule has 2 heterocycles. The number of carbonyl (C=O) groups is 4. The molecule has 9 heteroatoms. The first-order chi connectivity index (χ1) is 17.3. The van der Waals surface area contributed by atoms with Gasteiger partial charge in [0.15, 0.2) is 0 Å². The van der Waals surface area contributed by atoms with Crippen molar-refractivity contribution in [1.82, 2.24) is 15.2 Å². The highest BCUT2D eigenvalue weighted by Crippen LogP contribution is 2.50. The maximum absolute atomic E-state index is 13.6. The number of halogens is 1. The van der Waals surface area contributed by atoms with Gasteiger partial charge in [0.2, 0.25) is 5.91 Å². The van der Waals surface area contributed by atoms with E-state index in [1.165, 1.54) is 7.11 Å². The van der Waals surface area contributed by atoms with E-state index in [2.05, 4.69) is 10.3 Å². The lowest BCUT2D eigenvalue weighted by molar-refractivity contribution is -0.146. The van der Waals surface area contributed by atoms with Crippen LogP contribution in [0, 0.1) is 11.3 Å². The smallest absolute Gasteiger partial charge is 0.328 e. The summed E-state index contributed by atoms with van der Waals surface area (Å²) in [4.78, 5) is 56.9. The first-order valence-corrected chi connectivity index (χ1v) is 13.2. The molecule has 3 aliphatic rings. The number of ether oxygens (including phenoxy) is 1. The zero-order valence-electron chi connectivity index (χ0n) is 20.5. The normalized spacial score (nSPS) is 23.9. The monoisotopic (exact) mass is 513 g/mol. The molecule has 1 aliphatic heterocycles. The van der Waals surface area contributed by atoms with Crippen LogP contribution in [-0.2, 0) is 19.1 Å². The summed E-state index contributed by atoms with van der Waals surface area (Å²) in [7, 11) is 1.28. The van der Waals surface area contributed by atoms with Crippen LogP contribution < -0.4 is 5.32 Å². The van der Waals surface area contributed by atoms with Crippen LogP contribution in [0.4, 0.5) is 0 Å². The molecule has 8 nitrogen and oxygen atoms in total. The Morgan fingerprint density at radius 2 is 2.06 bits per heavy atom. The molecule has 0 bridgehead atoms. The minimum atomic E-state index is -0.920. The molecule has 3 fully saturated rings. The number of fused-ring (bicyclic) bond motifs is 1. The second-order valence-corrected chi connectivity index (χ2v) is 11.0.